The second-order valence-electron chi connectivity index (χ2n) is 3.86. The summed E-state index contributed by atoms with van der Waals surface area (Å²) in [6, 6.07) is 4.74. The number of halogens is 1. The molecule has 0 saturated heterocycles. The van der Waals surface area contributed by atoms with Crippen molar-refractivity contribution in [1.29, 1.82) is 5.26 Å². The van der Waals surface area contributed by atoms with Gasteiger partial charge in [-0.3, -0.25) is 4.68 Å². The number of rotatable bonds is 0. The van der Waals surface area contributed by atoms with Crippen LogP contribution < -0.4 is 4.74 Å². The lowest BCUT2D eigenvalue weighted by Crippen LogP contribution is -2.10. The highest BCUT2D eigenvalue weighted by Gasteiger charge is 2.24. The van der Waals surface area contributed by atoms with Gasteiger partial charge in [0.15, 0.2) is 11.6 Å². The van der Waals surface area contributed by atoms with Crippen LogP contribution in [0.25, 0.3) is 11.1 Å². The highest BCUT2D eigenvalue weighted by molar-refractivity contribution is 5.75. The van der Waals surface area contributed by atoms with E-state index in [1.54, 1.807) is 24.0 Å². The average molecular weight is 229 g/mol. The molecule has 1 aromatic heterocycles. The Kier molecular flexibility index (Phi) is 1.92. The fraction of sp³-hybridized carbons (Fsp3) is 0.167. The summed E-state index contributed by atoms with van der Waals surface area (Å²) in [5, 5.41) is 13.0. The van der Waals surface area contributed by atoms with Gasteiger partial charge in [-0.1, -0.05) is 0 Å². The van der Waals surface area contributed by atoms with Gasteiger partial charge in [-0.2, -0.15) is 10.4 Å². The SMILES string of the molecule is Cn1ncc2c1COc1c(F)cc(C#N)cc1-2. The lowest BCUT2D eigenvalue weighted by atomic mass is 10.0. The molecular formula is C12H8FN3O. The molecule has 0 spiro atoms. The Balaban J connectivity index is 2.31. The number of aromatic nitrogens is 2. The van der Waals surface area contributed by atoms with Crippen LogP contribution >= 0.6 is 0 Å². The first-order valence-corrected chi connectivity index (χ1v) is 5.08. The normalized spacial score (nSPS) is 12.3. The Morgan fingerprint density at radius 3 is 3.06 bits per heavy atom. The molecular weight excluding hydrogens is 221 g/mol. The van der Waals surface area contributed by atoms with E-state index in [0.29, 0.717) is 12.2 Å². The van der Waals surface area contributed by atoms with Crippen molar-refractivity contribution in [3.8, 4) is 22.9 Å². The maximum Gasteiger partial charge on any atom is 0.167 e. The maximum atomic E-state index is 13.7. The van der Waals surface area contributed by atoms with Gasteiger partial charge < -0.3 is 4.74 Å². The molecule has 0 saturated carbocycles. The minimum absolute atomic E-state index is 0.199. The number of fused-ring (bicyclic) bond motifs is 3. The molecule has 1 aliphatic heterocycles. The van der Waals surface area contributed by atoms with Crippen LogP contribution in [0.2, 0.25) is 0 Å². The number of ether oxygens (including phenoxy) is 1. The number of benzene rings is 1. The standard InChI is InChI=1S/C12H8FN3O/c1-16-11-6-17-12-8(9(11)5-15-16)2-7(4-14)3-10(12)13/h2-3,5H,6H2,1H3. The van der Waals surface area contributed by atoms with Crippen molar-refractivity contribution in [1.82, 2.24) is 9.78 Å². The third-order valence-electron chi connectivity index (χ3n) is 2.88. The predicted molar refractivity (Wildman–Crippen MR) is 57.6 cm³/mol. The molecule has 2 aromatic rings. The maximum absolute atomic E-state index is 13.7. The van der Waals surface area contributed by atoms with Crippen LogP contribution in [0, 0.1) is 17.1 Å². The molecule has 0 N–H and O–H groups in total. The van der Waals surface area contributed by atoms with Gasteiger partial charge in [0, 0.05) is 18.2 Å². The van der Waals surface area contributed by atoms with Crippen molar-refractivity contribution in [3.05, 3.63) is 35.4 Å². The lowest BCUT2D eigenvalue weighted by molar-refractivity contribution is 0.276. The Morgan fingerprint density at radius 2 is 2.29 bits per heavy atom. The van der Waals surface area contributed by atoms with Crippen molar-refractivity contribution in [2.24, 2.45) is 7.05 Å². The molecule has 84 valence electrons. The first-order chi connectivity index (χ1) is 8.20. The Hall–Kier alpha value is -2.35. The summed E-state index contributed by atoms with van der Waals surface area (Å²) >= 11 is 0. The molecule has 3 rings (SSSR count). The van der Waals surface area contributed by atoms with E-state index in [1.165, 1.54) is 6.07 Å². The van der Waals surface area contributed by atoms with E-state index in [-0.39, 0.29) is 11.3 Å². The summed E-state index contributed by atoms with van der Waals surface area (Å²) in [5.41, 5.74) is 2.58. The molecule has 0 unspecified atom stereocenters. The number of hydrogen-bond acceptors (Lipinski definition) is 3. The van der Waals surface area contributed by atoms with Crippen LogP contribution in [0.4, 0.5) is 4.39 Å². The van der Waals surface area contributed by atoms with Gasteiger partial charge in [-0.25, -0.2) is 4.39 Å². The molecule has 0 fully saturated rings. The van der Waals surface area contributed by atoms with Crippen molar-refractivity contribution in [2.45, 2.75) is 6.61 Å². The van der Waals surface area contributed by atoms with Gasteiger partial charge in [0.05, 0.1) is 23.5 Å². The number of aryl methyl sites for hydroxylation is 1. The minimum atomic E-state index is -0.506. The highest BCUT2D eigenvalue weighted by Crippen LogP contribution is 2.39. The smallest absolute Gasteiger partial charge is 0.167 e. The first-order valence-electron chi connectivity index (χ1n) is 5.08. The Bertz CT molecular complexity index is 655. The highest BCUT2D eigenvalue weighted by atomic mass is 19.1. The zero-order chi connectivity index (χ0) is 12.0. The summed E-state index contributed by atoms with van der Waals surface area (Å²) in [6.45, 7) is 0.293. The quantitative estimate of drug-likeness (QED) is 0.694. The first kappa shape index (κ1) is 9.85. The van der Waals surface area contributed by atoms with Gasteiger partial charge in [0.1, 0.15) is 6.61 Å². The summed E-state index contributed by atoms with van der Waals surface area (Å²) in [7, 11) is 1.80. The Labute approximate surface area is 96.9 Å². The second-order valence-corrected chi connectivity index (χ2v) is 3.86. The molecule has 0 amide bonds. The molecule has 1 aliphatic rings. The van der Waals surface area contributed by atoms with Gasteiger partial charge >= 0.3 is 0 Å². The van der Waals surface area contributed by atoms with E-state index in [1.807, 2.05) is 6.07 Å². The fourth-order valence-corrected chi connectivity index (χ4v) is 2.00. The molecule has 17 heavy (non-hydrogen) atoms. The van der Waals surface area contributed by atoms with Crippen LogP contribution in [0.1, 0.15) is 11.3 Å². The zero-order valence-corrected chi connectivity index (χ0v) is 9.07. The Morgan fingerprint density at radius 1 is 1.47 bits per heavy atom. The second kappa shape index (κ2) is 3.32. The van der Waals surface area contributed by atoms with Crippen LogP contribution in [0.5, 0.6) is 5.75 Å². The van der Waals surface area contributed by atoms with Crippen molar-refractivity contribution in [2.75, 3.05) is 0 Å². The molecule has 5 heteroatoms. The fourth-order valence-electron chi connectivity index (χ4n) is 2.00. The molecule has 0 bridgehead atoms. The van der Waals surface area contributed by atoms with Gasteiger partial charge in [0.25, 0.3) is 0 Å². The summed E-state index contributed by atoms with van der Waals surface area (Å²) in [4.78, 5) is 0. The van der Waals surface area contributed by atoms with Crippen LogP contribution in [0.3, 0.4) is 0 Å². The van der Waals surface area contributed by atoms with E-state index in [2.05, 4.69) is 5.10 Å². The number of nitriles is 1. The van der Waals surface area contributed by atoms with Crippen molar-refractivity contribution < 1.29 is 9.13 Å². The van der Waals surface area contributed by atoms with Crippen LogP contribution in [0.15, 0.2) is 18.3 Å². The van der Waals surface area contributed by atoms with Gasteiger partial charge in [-0.15, -0.1) is 0 Å². The predicted octanol–water partition coefficient (Wildman–Crippen LogP) is 1.99. The molecule has 0 aliphatic carbocycles. The topological polar surface area (TPSA) is 50.8 Å². The van der Waals surface area contributed by atoms with Crippen molar-refractivity contribution in [3.63, 3.8) is 0 Å². The van der Waals surface area contributed by atoms with Crippen LogP contribution in [-0.4, -0.2) is 9.78 Å². The summed E-state index contributed by atoms with van der Waals surface area (Å²) < 4.78 is 20.8. The summed E-state index contributed by atoms with van der Waals surface area (Å²) in [5.74, 6) is -0.307. The third kappa shape index (κ3) is 1.31. The molecule has 0 atom stereocenters. The van der Waals surface area contributed by atoms with Gasteiger partial charge in [-0.05, 0) is 12.1 Å². The van der Waals surface area contributed by atoms with Gasteiger partial charge in [0.2, 0.25) is 0 Å². The molecule has 2 heterocycles. The largest absolute Gasteiger partial charge is 0.484 e. The number of hydrogen-bond donors (Lipinski definition) is 0. The summed E-state index contributed by atoms with van der Waals surface area (Å²) in [6.07, 6.45) is 1.66. The number of nitrogens with zero attached hydrogens (tertiary/aromatic N) is 3. The monoisotopic (exact) mass is 229 g/mol. The van der Waals surface area contributed by atoms with E-state index >= 15 is 0 Å². The molecule has 4 nitrogen and oxygen atoms in total. The zero-order valence-electron chi connectivity index (χ0n) is 9.07. The lowest BCUT2D eigenvalue weighted by Gasteiger charge is -2.18. The minimum Gasteiger partial charge on any atom is -0.484 e. The third-order valence-corrected chi connectivity index (χ3v) is 2.88. The van der Waals surface area contributed by atoms with Crippen LogP contribution in [-0.2, 0) is 13.7 Å². The molecule has 0 radical (unpaired) electrons. The molecule has 1 aromatic carbocycles. The van der Waals surface area contributed by atoms with Crippen molar-refractivity contribution >= 4 is 0 Å². The van der Waals surface area contributed by atoms with E-state index in [4.69, 9.17) is 10.00 Å². The van der Waals surface area contributed by atoms with E-state index < -0.39 is 5.82 Å². The average Bonchev–Trinajstić information content (AvgIpc) is 2.71. The van der Waals surface area contributed by atoms with E-state index in [9.17, 15) is 4.39 Å². The van der Waals surface area contributed by atoms with E-state index in [0.717, 1.165) is 11.3 Å².